The van der Waals surface area contributed by atoms with E-state index in [1.54, 1.807) is 6.08 Å². The maximum Gasteiger partial charge on any atom is 0.305 e. The molecule has 1 rings (SSSR count). The van der Waals surface area contributed by atoms with Crippen molar-refractivity contribution in [3.63, 3.8) is 0 Å². The summed E-state index contributed by atoms with van der Waals surface area (Å²) >= 11 is 0. The summed E-state index contributed by atoms with van der Waals surface area (Å²) in [5.41, 5.74) is -1.88. The molecule has 0 N–H and O–H groups in total. The van der Waals surface area contributed by atoms with Crippen LogP contribution in [-0.4, -0.2) is 24.5 Å². The molecule has 3 nitrogen and oxygen atoms in total. The van der Waals surface area contributed by atoms with E-state index >= 15 is 0 Å². The van der Waals surface area contributed by atoms with E-state index in [2.05, 4.69) is 4.74 Å². The molecule has 0 radical (unpaired) electrons. The number of carbonyl (C=O) groups excluding carboxylic acids is 2. The summed E-state index contributed by atoms with van der Waals surface area (Å²) < 4.78 is 19.1. The maximum absolute atomic E-state index is 14.6. The van der Waals surface area contributed by atoms with Crippen LogP contribution in [0.15, 0.2) is 12.2 Å². The van der Waals surface area contributed by atoms with E-state index in [0.29, 0.717) is 6.42 Å². The van der Waals surface area contributed by atoms with Crippen LogP contribution in [0.1, 0.15) is 39.0 Å². The van der Waals surface area contributed by atoms with E-state index in [-0.39, 0.29) is 25.0 Å². The van der Waals surface area contributed by atoms with Gasteiger partial charge in [-0.25, -0.2) is 4.39 Å². The van der Waals surface area contributed by atoms with Crippen molar-refractivity contribution in [2.45, 2.75) is 44.7 Å². The van der Waals surface area contributed by atoms with Gasteiger partial charge in [-0.2, -0.15) is 0 Å². The first-order valence-electron chi connectivity index (χ1n) is 5.98. The van der Waals surface area contributed by atoms with E-state index in [0.717, 1.165) is 6.42 Å². The minimum absolute atomic E-state index is 0.0152. The van der Waals surface area contributed by atoms with Crippen LogP contribution < -0.4 is 0 Å². The third kappa shape index (κ3) is 3.14. The first-order valence-corrected chi connectivity index (χ1v) is 5.98. The molecule has 4 heteroatoms. The molecule has 0 aliphatic heterocycles. The molecule has 1 aliphatic rings. The molecular formula is C13H19FO3. The number of Topliss-reactive ketones (excluding diaryl/α,β-unsaturated/α-hetero) is 1. The fraction of sp³-hybridized carbons (Fsp3) is 0.692. The molecule has 0 bridgehead atoms. The van der Waals surface area contributed by atoms with Gasteiger partial charge in [0, 0.05) is 18.8 Å². The lowest BCUT2D eigenvalue weighted by atomic mass is 9.86. The number of methoxy groups -OCH3 is 1. The molecule has 1 saturated carbocycles. The summed E-state index contributed by atoms with van der Waals surface area (Å²) in [5, 5.41) is 0. The minimum Gasteiger partial charge on any atom is -0.469 e. The van der Waals surface area contributed by atoms with Crippen molar-refractivity contribution >= 4 is 11.8 Å². The third-order valence-electron chi connectivity index (χ3n) is 3.29. The lowest BCUT2D eigenvalue weighted by Gasteiger charge is -2.23. The topological polar surface area (TPSA) is 43.4 Å². The SMILES string of the molecule is CC/C=C\C[C@@]1(F)C(=O)CC[C@H]1CC(=O)OC. The van der Waals surface area contributed by atoms with E-state index in [1.807, 2.05) is 13.0 Å². The smallest absolute Gasteiger partial charge is 0.305 e. The van der Waals surface area contributed by atoms with Gasteiger partial charge >= 0.3 is 5.97 Å². The number of hydrogen-bond acceptors (Lipinski definition) is 3. The molecule has 96 valence electrons. The largest absolute Gasteiger partial charge is 0.469 e. The predicted molar refractivity (Wildman–Crippen MR) is 62.3 cm³/mol. The van der Waals surface area contributed by atoms with Crippen LogP contribution >= 0.6 is 0 Å². The highest BCUT2D eigenvalue weighted by molar-refractivity contribution is 5.90. The van der Waals surface area contributed by atoms with Gasteiger partial charge in [0.25, 0.3) is 0 Å². The van der Waals surface area contributed by atoms with E-state index in [4.69, 9.17) is 0 Å². The molecule has 1 aliphatic carbocycles. The molecule has 0 unspecified atom stereocenters. The number of rotatable bonds is 5. The number of esters is 1. The highest BCUT2D eigenvalue weighted by Crippen LogP contribution is 2.41. The molecule has 1 fully saturated rings. The van der Waals surface area contributed by atoms with Gasteiger partial charge in [0.1, 0.15) is 0 Å². The average Bonchev–Trinajstić information content (AvgIpc) is 2.58. The molecule has 0 saturated heterocycles. The van der Waals surface area contributed by atoms with Crippen molar-refractivity contribution in [2.75, 3.05) is 7.11 Å². The van der Waals surface area contributed by atoms with Crippen LogP contribution in [0, 0.1) is 5.92 Å². The number of alkyl halides is 1. The molecule has 0 spiro atoms. The number of halogens is 1. The summed E-state index contributed by atoms with van der Waals surface area (Å²) in [7, 11) is 1.27. The first-order chi connectivity index (χ1) is 8.04. The highest BCUT2D eigenvalue weighted by atomic mass is 19.1. The van der Waals surface area contributed by atoms with Gasteiger partial charge in [0.05, 0.1) is 13.5 Å². The van der Waals surface area contributed by atoms with E-state index in [1.165, 1.54) is 7.11 Å². The Bertz CT molecular complexity index is 325. The molecule has 0 aromatic rings. The second kappa shape index (κ2) is 5.94. The fourth-order valence-corrected chi connectivity index (χ4v) is 2.22. The number of carbonyl (C=O) groups is 2. The second-order valence-electron chi connectivity index (χ2n) is 4.39. The first kappa shape index (κ1) is 13.9. The van der Waals surface area contributed by atoms with Crippen molar-refractivity contribution < 1.29 is 18.7 Å². The van der Waals surface area contributed by atoms with Gasteiger partial charge in [-0.3, -0.25) is 9.59 Å². The molecule has 0 amide bonds. The number of ether oxygens (including phenoxy) is 1. The summed E-state index contributed by atoms with van der Waals surface area (Å²) in [6.45, 7) is 1.95. The summed E-state index contributed by atoms with van der Waals surface area (Å²) in [6, 6.07) is 0. The Morgan fingerprint density at radius 1 is 1.59 bits per heavy atom. The molecule has 0 aromatic heterocycles. The Kier molecular flexibility index (Phi) is 4.85. The summed E-state index contributed by atoms with van der Waals surface area (Å²) in [6.07, 6.45) is 5.05. The van der Waals surface area contributed by atoms with Crippen LogP contribution in [0.25, 0.3) is 0 Å². The second-order valence-corrected chi connectivity index (χ2v) is 4.39. The quantitative estimate of drug-likeness (QED) is 0.549. The zero-order chi connectivity index (χ0) is 12.9. The Labute approximate surface area is 101 Å². The standard InChI is InChI=1S/C13H19FO3/c1-3-4-5-8-13(14)10(6-7-11(13)15)9-12(16)17-2/h4-5,10H,3,6-9H2,1-2H3/b5-4-/t10-,13-/m0/s1. The Hall–Kier alpha value is -1.19. The molecule has 0 aromatic carbocycles. The molecule has 0 heterocycles. The van der Waals surface area contributed by atoms with Gasteiger partial charge in [-0.05, 0) is 12.8 Å². The normalized spacial score (nSPS) is 28.9. The van der Waals surface area contributed by atoms with E-state index < -0.39 is 17.6 Å². The minimum atomic E-state index is -1.88. The van der Waals surface area contributed by atoms with Crippen LogP contribution in [0.5, 0.6) is 0 Å². The highest BCUT2D eigenvalue weighted by Gasteiger charge is 2.50. The van der Waals surface area contributed by atoms with Crippen molar-refractivity contribution in [3.8, 4) is 0 Å². The van der Waals surface area contributed by atoms with E-state index in [9.17, 15) is 14.0 Å². The van der Waals surface area contributed by atoms with Gasteiger partial charge in [-0.15, -0.1) is 0 Å². The van der Waals surface area contributed by atoms with Crippen molar-refractivity contribution in [1.82, 2.24) is 0 Å². The number of ketones is 1. The maximum atomic E-state index is 14.6. The Balaban J connectivity index is 2.72. The average molecular weight is 242 g/mol. The lowest BCUT2D eigenvalue weighted by molar-refractivity contribution is -0.143. The Morgan fingerprint density at radius 2 is 2.29 bits per heavy atom. The van der Waals surface area contributed by atoms with Crippen LogP contribution in [0.4, 0.5) is 4.39 Å². The summed E-state index contributed by atoms with van der Waals surface area (Å²) in [5.74, 6) is -1.37. The van der Waals surface area contributed by atoms with Crippen molar-refractivity contribution in [1.29, 1.82) is 0 Å². The monoisotopic (exact) mass is 242 g/mol. The predicted octanol–water partition coefficient (Wildman–Crippen LogP) is 2.59. The van der Waals surface area contributed by atoms with Gasteiger partial charge in [0.2, 0.25) is 0 Å². The van der Waals surface area contributed by atoms with Gasteiger partial charge in [-0.1, -0.05) is 19.1 Å². The lowest BCUT2D eigenvalue weighted by Crippen LogP contribution is -2.36. The van der Waals surface area contributed by atoms with Gasteiger partial charge in [0.15, 0.2) is 11.5 Å². The molecular weight excluding hydrogens is 223 g/mol. The zero-order valence-electron chi connectivity index (χ0n) is 10.4. The van der Waals surface area contributed by atoms with Crippen molar-refractivity contribution in [3.05, 3.63) is 12.2 Å². The molecule has 2 atom stereocenters. The van der Waals surface area contributed by atoms with Crippen LogP contribution in [0.2, 0.25) is 0 Å². The van der Waals surface area contributed by atoms with Gasteiger partial charge < -0.3 is 4.74 Å². The summed E-state index contributed by atoms with van der Waals surface area (Å²) in [4.78, 5) is 22.8. The van der Waals surface area contributed by atoms with Crippen LogP contribution in [0.3, 0.4) is 0 Å². The number of allylic oxidation sites excluding steroid dienone is 2. The fourth-order valence-electron chi connectivity index (χ4n) is 2.22. The zero-order valence-corrected chi connectivity index (χ0v) is 10.4. The third-order valence-corrected chi connectivity index (χ3v) is 3.29. The number of hydrogen-bond donors (Lipinski definition) is 0. The molecule has 17 heavy (non-hydrogen) atoms. The van der Waals surface area contributed by atoms with Crippen molar-refractivity contribution in [2.24, 2.45) is 5.92 Å². The van der Waals surface area contributed by atoms with Crippen LogP contribution in [-0.2, 0) is 14.3 Å². The Morgan fingerprint density at radius 3 is 2.88 bits per heavy atom.